The molecular formula is C14H16F3NO4. The minimum atomic E-state index is -4.60. The van der Waals surface area contributed by atoms with E-state index in [0.29, 0.717) is 0 Å². The zero-order valence-electron chi connectivity index (χ0n) is 12.0. The highest BCUT2D eigenvalue weighted by atomic mass is 19.4. The molecule has 122 valence electrons. The lowest BCUT2D eigenvalue weighted by atomic mass is 10.1. The minimum Gasteiger partial charge on any atom is -0.483 e. The van der Waals surface area contributed by atoms with Crippen LogP contribution in [0.15, 0.2) is 24.3 Å². The van der Waals surface area contributed by atoms with Gasteiger partial charge in [-0.1, -0.05) is 26.0 Å². The first kappa shape index (κ1) is 17.8. The van der Waals surface area contributed by atoms with E-state index in [-0.39, 0.29) is 5.92 Å². The molecule has 0 saturated heterocycles. The van der Waals surface area contributed by atoms with Crippen LogP contribution in [0.2, 0.25) is 0 Å². The van der Waals surface area contributed by atoms with E-state index in [1.807, 2.05) is 0 Å². The van der Waals surface area contributed by atoms with Gasteiger partial charge in [-0.05, 0) is 18.1 Å². The summed E-state index contributed by atoms with van der Waals surface area (Å²) in [6.07, 6.45) is -4.60. The third-order valence-electron chi connectivity index (χ3n) is 2.80. The van der Waals surface area contributed by atoms with Gasteiger partial charge in [-0.3, -0.25) is 4.79 Å². The van der Waals surface area contributed by atoms with Crippen LogP contribution in [0.5, 0.6) is 5.75 Å². The summed E-state index contributed by atoms with van der Waals surface area (Å²) in [7, 11) is 0. The first-order valence-corrected chi connectivity index (χ1v) is 6.44. The van der Waals surface area contributed by atoms with Crippen LogP contribution in [-0.2, 0) is 15.8 Å². The maximum atomic E-state index is 12.7. The smallest absolute Gasteiger partial charge is 0.419 e. The molecule has 8 heteroatoms. The van der Waals surface area contributed by atoms with Gasteiger partial charge in [0.15, 0.2) is 6.61 Å². The molecule has 0 fully saturated rings. The Bertz CT molecular complexity index is 543. The molecule has 5 nitrogen and oxygen atoms in total. The monoisotopic (exact) mass is 319 g/mol. The van der Waals surface area contributed by atoms with Gasteiger partial charge in [0.05, 0.1) is 5.56 Å². The highest BCUT2D eigenvalue weighted by molar-refractivity contribution is 5.84. The Kier molecular flexibility index (Phi) is 5.78. The molecule has 0 aromatic heterocycles. The third-order valence-corrected chi connectivity index (χ3v) is 2.80. The van der Waals surface area contributed by atoms with Crippen LogP contribution < -0.4 is 10.1 Å². The van der Waals surface area contributed by atoms with E-state index in [9.17, 15) is 22.8 Å². The van der Waals surface area contributed by atoms with E-state index in [0.717, 1.165) is 12.1 Å². The summed E-state index contributed by atoms with van der Waals surface area (Å²) in [6.45, 7) is 2.49. The Morgan fingerprint density at radius 2 is 1.86 bits per heavy atom. The van der Waals surface area contributed by atoms with Crippen molar-refractivity contribution in [2.75, 3.05) is 6.61 Å². The number of nitrogens with one attached hydrogen (secondary N) is 1. The number of carboxylic acids is 1. The zero-order chi connectivity index (χ0) is 16.9. The Hall–Kier alpha value is -2.25. The first-order chi connectivity index (χ1) is 10.1. The second-order valence-corrected chi connectivity index (χ2v) is 4.91. The summed E-state index contributed by atoms with van der Waals surface area (Å²) in [4.78, 5) is 22.5. The quantitative estimate of drug-likeness (QED) is 0.844. The van der Waals surface area contributed by atoms with Crippen LogP contribution >= 0.6 is 0 Å². The van der Waals surface area contributed by atoms with Gasteiger partial charge in [0, 0.05) is 0 Å². The predicted octanol–water partition coefficient (Wildman–Crippen LogP) is 2.31. The van der Waals surface area contributed by atoms with Crippen molar-refractivity contribution >= 4 is 11.9 Å². The van der Waals surface area contributed by atoms with Crippen molar-refractivity contribution in [2.45, 2.75) is 26.1 Å². The molecule has 0 spiro atoms. The van der Waals surface area contributed by atoms with Crippen LogP contribution in [0.25, 0.3) is 0 Å². The summed E-state index contributed by atoms with van der Waals surface area (Å²) in [5.74, 6) is -2.89. The van der Waals surface area contributed by atoms with Gasteiger partial charge in [0.2, 0.25) is 0 Å². The van der Waals surface area contributed by atoms with Crippen molar-refractivity contribution in [3.8, 4) is 5.75 Å². The fourth-order valence-electron chi connectivity index (χ4n) is 1.70. The molecule has 1 aromatic carbocycles. The number of benzene rings is 1. The number of hydrogen-bond donors (Lipinski definition) is 2. The Balaban J connectivity index is 2.71. The van der Waals surface area contributed by atoms with Crippen molar-refractivity contribution in [3.63, 3.8) is 0 Å². The Morgan fingerprint density at radius 3 is 2.36 bits per heavy atom. The second-order valence-electron chi connectivity index (χ2n) is 4.91. The molecule has 0 unspecified atom stereocenters. The van der Waals surface area contributed by atoms with Gasteiger partial charge in [-0.2, -0.15) is 13.2 Å². The molecule has 0 radical (unpaired) electrons. The number of hydrogen-bond acceptors (Lipinski definition) is 3. The fourth-order valence-corrected chi connectivity index (χ4v) is 1.70. The number of carbonyl (C=O) groups is 2. The highest BCUT2D eigenvalue weighted by Crippen LogP contribution is 2.35. The van der Waals surface area contributed by atoms with E-state index in [4.69, 9.17) is 9.84 Å². The molecule has 2 N–H and O–H groups in total. The SMILES string of the molecule is CC(C)[C@@H](NC(=O)COc1ccccc1C(F)(F)F)C(=O)O. The third kappa shape index (κ3) is 4.94. The summed E-state index contributed by atoms with van der Waals surface area (Å²) >= 11 is 0. The molecule has 22 heavy (non-hydrogen) atoms. The Labute approximate surface area is 125 Å². The number of amides is 1. The van der Waals surface area contributed by atoms with Crippen molar-refractivity contribution in [2.24, 2.45) is 5.92 Å². The molecule has 0 aliphatic rings. The van der Waals surface area contributed by atoms with Crippen LogP contribution in [0, 0.1) is 5.92 Å². The van der Waals surface area contributed by atoms with Crippen molar-refractivity contribution in [1.29, 1.82) is 0 Å². The van der Waals surface area contributed by atoms with Gasteiger partial charge in [0.1, 0.15) is 11.8 Å². The zero-order valence-corrected chi connectivity index (χ0v) is 12.0. The lowest BCUT2D eigenvalue weighted by molar-refractivity contribution is -0.143. The second kappa shape index (κ2) is 7.15. The van der Waals surface area contributed by atoms with E-state index in [1.165, 1.54) is 12.1 Å². The van der Waals surface area contributed by atoms with E-state index in [1.54, 1.807) is 13.8 Å². The maximum absolute atomic E-state index is 12.7. The molecule has 0 saturated carbocycles. The minimum absolute atomic E-state index is 0.371. The standard InChI is InChI=1S/C14H16F3NO4/c1-8(2)12(13(20)21)18-11(19)7-22-10-6-4-3-5-9(10)14(15,16)17/h3-6,8,12H,7H2,1-2H3,(H,18,19)(H,20,21)/t12-/m1/s1. The number of para-hydroxylation sites is 1. The lowest BCUT2D eigenvalue weighted by Crippen LogP contribution is -2.46. The predicted molar refractivity (Wildman–Crippen MR) is 71.3 cm³/mol. The summed E-state index contributed by atoms with van der Waals surface area (Å²) < 4.78 is 43.1. The molecule has 0 aliphatic carbocycles. The van der Waals surface area contributed by atoms with E-state index in [2.05, 4.69) is 5.32 Å². The number of ether oxygens (including phenoxy) is 1. The molecule has 1 aromatic rings. The van der Waals surface area contributed by atoms with Crippen LogP contribution in [0.4, 0.5) is 13.2 Å². The molecule has 1 amide bonds. The first-order valence-electron chi connectivity index (χ1n) is 6.44. The summed E-state index contributed by atoms with van der Waals surface area (Å²) in [5.41, 5.74) is -0.999. The fraction of sp³-hybridized carbons (Fsp3) is 0.429. The average Bonchev–Trinajstić information content (AvgIpc) is 2.41. The largest absolute Gasteiger partial charge is 0.483 e. The molecule has 0 bridgehead atoms. The molecule has 1 rings (SSSR count). The van der Waals surface area contributed by atoms with Gasteiger partial charge < -0.3 is 15.2 Å². The summed E-state index contributed by atoms with van der Waals surface area (Å²) in [5, 5.41) is 11.1. The van der Waals surface area contributed by atoms with Gasteiger partial charge in [0.25, 0.3) is 5.91 Å². The summed E-state index contributed by atoms with van der Waals surface area (Å²) in [6, 6.07) is 3.34. The number of aliphatic carboxylic acids is 1. The van der Waals surface area contributed by atoms with E-state index < -0.39 is 42.0 Å². The number of alkyl halides is 3. The Morgan fingerprint density at radius 1 is 1.27 bits per heavy atom. The van der Waals surface area contributed by atoms with E-state index >= 15 is 0 Å². The van der Waals surface area contributed by atoms with Crippen molar-refractivity contribution in [1.82, 2.24) is 5.32 Å². The number of halogens is 3. The van der Waals surface area contributed by atoms with Crippen molar-refractivity contribution < 1.29 is 32.6 Å². The van der Waals surface area contributed by atoms with Crippen LogP contribution in [0.1, 0.15) is 19.4 Å². The average molecular weight is 319 g/mol. The molecular weight excluding hydrogens is 303 g/mol. The van der Waals surface area contributed by atoms with Crippen LogP contribution in [0.3, 0.4) is 0 Å². The highest BCUT2D eigenvalue weighted by Gasteiger charge is 2.34. The number of carboxylic acid groups (broad SMARTS) is 1. The number of rotatable bonds is 6. The van der Waals surface area contributed by atoms with Crippen molar-refractivity contribution in [3.05, 3.63) is 29.8 Å². The molecule has 1 atom stereocenters. The maximum Gasteiger partial charge on any atom is 0.419 e. The van der Waals surface area contributed by atoms with Gasteiger partial charge in [-0.25, -0.2) is 4.79 Å². The van der Waals surface area contributed by atoms with Gasteiger partial charge in [-0.15, -0.1) is 0 Å². The topological polar surface area (TPSA) is 75.6 Å². The lowest BCUT2D eigenvalue weighted by Gasteiger charge is -2.18. The molecule has 0 heterocycles. The van der Waals surface area contributed by atoms with Crippen LogP contribution in [-0.4, -0.2) is 29.6 Å². The normalized spacial score (nSPS) is 12.8. The van der Waals surface area contributed by atoms with Gasteiger partial charge >= 0.3 is 12.1 Å². The molecule has 0 aliphatic heterocycles. The number of carbonyl (C=O) groups excluding carboxylic acids is 1.